The molecule has 2 N–H and O–H groups in total. The number of imidazole rings is 1. The van der Waals surface area contributed by atoms with Gasteiger partial charge in [0.05, 0.1) is 5.52 Å². The molecule has 0 saturated heterocycles. The molecule has 124 valence electrons. The molecule has 5 heteroatoms. The molecule has 0 radical (unpaired) electrons. The lowest BCUT2D eigenvalue weighted by Crippen LogP contribution is -2.30. The highest BCUT2D eigenvalue weighted by atomic mass is 16.3. The third-order valence-corrected chi connectivity index (χ3v) is 4.52. The van der Waals surface area contributed by atoms with E-state index in [0.717, 1.165) is 43.4 Å². The molecule has 0 aliphatic heterocycles. The second kappa shape index (κ2) is 7.13. The predicted octanol–water partition coefficient (Wildman–Crippen LogP) is 2.74. The summed E-state index contributed by atoms with van der Waals surface area (Å²) in [5.41, 5.74) is 1.40. The first kappa shape index (κ1) is 16.0. The lowest BCUT2D eigenvalue weighted by atomic mass is 10.0. The summed E-state index contributed by atoms with van der Waals surface area (Å²) >= 11 is 0. The Morgan fingerprint density at radius 1 is 1.43 bits per heavy atom. The molecule has 1 fully saturated rings. The summed E-state index contributed by atoms with van der Waals surface area (Å²) in [6.45, 7) is 2.88. The van der Waals surface area contributed by atoms with Crippen molar-refractivity contribution in [3.05, 3.63) is 35.9 Å². The Hall–Kier alpha value is -1.88. The van der Waals surface area contributed by atoms with Crippen LogP contribution in [0.25, 0.3) is 5.52 Å². The van der Waals surface area contributed by atoms with Crippen LogP contribution in [0.3, 0.4) is 0 Å². The molecule has 0 bridgehead atoms. The van der Waals surface area contributed by atoms with Crippen molar-refractivity contribution in [2.75, 3.05) is 13.2 Å². The van der Waals surface area contributed by atoms with Crippen LogP contribution < -0.4 is 5.32 Å². The van der Waals surface area contributed by atoms with Gasteiger partial charge in [0, 0.05) is 25.3 Å². The van der Waals surface area contributed by atoms with E-state index < -0.39 is 0 Å². The van der Waals surface area contributed by atoms with E-state index in [1.807, 2.05) is 28.8 Å². The van der Waals surface area contributed by atoms with Crippen molar-refractivity contribution < 1.29 is 9.90 Å². The van der Waals surface area contributed by atoms with Crippen molar-refractivity contribution in [3.63, 3.8) is 0 Å². The Bertz CT molecular complexity index is 670. The zero-order valence-electron chi connectivity index (χ0n) is 13.7. The van der Waals surface area contributed by atoms with E-state index in [-0.39, 0.29) is 12.5 Å². The first-order valence-electron chi connectivity index (χ1n) is 8.60. The lowest BCUT2D eigenvalue weighted by molar-refractivity contribution is 0.0940. The SMILES string of the molecule is CCCC(CCO)CNC(=O)c1nc(C2CC2)n2ccccc12. The molecule has 1 amide bonds. The Morgan fingerprint density at radius 3 is 2.96 bits per heavy atom. The Labute approximate surface area is 136 Å². The van der Waals surface area contributed by atoms with E-state index in [4.69, 9.17) is 5.11 Å². The number of nitrogens with zero attached hydrogens (tertiary/aromatic N) is 2. The zero-order chi connectivity index (χ0) is 16.2. The van der Waals surface area contributed by atoms with Crippen molar-refractivity contribution in [2.24, 2.45) is 5.92 Å². The van der Waals surface area contributed by atoms with E-state index >= 15 is 0 Å². The van der Waals surface area contributed by atoms with Crippen LogP contribution in [0, 0.1) is 5.92 Å². The standard InChI is InChI=1S/C18H25N3O2/c1-2-5-13(9-11-22)12-19-18(23)16-15-6-3-4-10-21(15)17(20-16)14-7-8-14/h3-4,6,10,13-14,22H,2,5,7-9,11-12H2,1H3,(H,19,23). The number of amides is 1. The normalized spacial score (nSPS) is 15.7. The van der Waals surface area contributed by atoms with E-state index in [1.54, 1.807) is 0 Å². The minimum Gasteiger partial charge on any atom is -0.396 e. The number of carbonyl (C=O) groups is 1. The first-order valence-corrected chi connectivity index (χ1v) is 8.60. The largest absolute Gasteiger partial charge is 0.396 e. The topological polar surface area (TPSA) is 66.6 Å². The molecule has 0 spiro atoms. The number of hydrogen-bond acceptors (Lipinski definition) is 3. The van der Waals surface area contributed by atoms with Gasteiger partial charge in [0.1, 0.15) is 5.82 Å². The predicted molar refractivity (Wildman–Crippen MR) is 89.6 cm³/mol. The van der Waals surface area contributed by atoms with Crippen LogP contribution in [-0.4, -0.2) is 33.6 Å². The molecule has 1 aliphatic carbocycles. The highest BCUT2D eigenvalue weighted by Crippen LogP contribution is 2.39. The van der Waals surface area contributed by atoms with Crippen LogP contribution in [0.4, 0.5) is 0 Å². The van der Waals surface area contributed by atoms with Gasteiger partial charge in [-0.05, 0) is 43.7 Å². The molecule has 2 aromatic rings. The van der Waals surface area contributed by atoms with Crippen LogP contribution in [0.5, 0.6) is 0 Å². The van der Waals surface area contributed by atoms with Crippen molar-refractivity contribution in [1.82, 2.24) is 14.7 Å². The maximum absolute atomic E-state index is 12.6. The fraction of sp³-hybridized carbons (Fsp3) is 0.556. The molecule has 3 rings (SSSR count). The fourth-order valence-corrected chi connectivity index (χ4v) is 3.12. The summed E-state index contributed by atoms with van der Waals surface area (Å²) in [5.74, 6) is 1.71. The molecule has 2 heterocycles. The Kier molecular flexibility index (Phi) is 4.96. The van der Waals surface area contributed by atoms with Gasteiger partial charge in [0.15, 0.2) is 5.69 Å². The van der Waals surface area contributed by atoms with Gasteiger partial charge in [-0.15, -0.1) is 0 Å². The van der Waals surface area contributed by atoms with Crippen LogP contribution in [0.2, 0.25) is 0 Å². The Balaban J connectivity index is 1.75. The molecule has 1 atom stereocenters. The minimum atomic E-state index is -0.111. The third-order valence-electron chi connectivity index (χ3n) is 4.52. The molecule has 5 nitrogen and oxygen atoms in total. The van der Waals surface area contributed by atoms with Gasteiger partial charge in [0.25, 0.3) is 5.91 Å². The van der Waals surface area contributed by atoms with Gasteiger partial charge < -0.3 is 14.8 Å². The number of aliphatic hydroxyl groups excluding tert-OH is 1. The average molecular weight is 315 g/mol. The van der Waals surface area contributed by atoms with Gasteiger partial charge in [-0.3, -0.25) is 4.79 Å². The third kappa shape index (κ3) is 3.55. The quantitative estimate of drug-likeness (QED) is 0.787. The summed E-state index contributed by atoms with van der Waals surface area (Å²) in [5, 5.41) is 12.1. The van der Waals surface area contributed by atoms with E-state index in [1.165, 1.54) is 0 Å². The van der Waals surface area contributed by atoms with E-state index in [2.05, 4.69) is 17.2 Å². The molecule has 2 aromatic heterocycles. The molecule has 1 saturated carbocycles. The second-order valence-electron chi connectivity index (χ2n) is 6.43. The number of fused-ring (bicyclic) bond motifs is 1. The maximum atomic E-state index is 12.6. The van der Waals surface area contributed by atoms with Crippen LogP contribution in [-0.2, 0) is 0 Å². The van der Waals surface area contributed by atoms with Gasteiger partial charge in [-0.2, -0.15) is 0 Å². The first-order chi connectivity index (χ1) is 11.2. The maximum Gasteiger partial charge on any atom is 0.272 e. The number of carbonyl (C=O) groups excluding carboxylic acids is 1. The summed E-state index contributed by atoms with van der Waals surface area (Å²) in [6.07, 6.45) is 7.09. The van der Waals surface area contributed by atoms with Gasteiger partial charge >= 0.3 is 0 Å². The van der Waals surface area contributed by atoms with Crippen molar-refractivity contribution >= 4 is 11.4 Å². The number of aliphatic hydroxyl groups is 1. The highest BCUT2D eigenvalue weighted by Gasteiger charge is 2.30. The number of rotatable bonds is 8. The average Bonchev–Trinajstić information content (AvgIpc) is 3.33. The summed E-state index contributed by atoms with van der Waals surface area (Å²) < 4.78 is 2.05. The minimum absolute atomic E-state index is 0.111. The van der Waals surface area contributed by atoms with Crippen molar-refractivity contribution in [1.29, 1.82) is 0 Å². The Morgan fingerprint density at radius 2 is 2.26 bits per heavy atom. The fourth-order valence-electron chi connectivity index (χ4n) is 3.12. The van der Waals surface area contributed by atoms with Crippen molar-refractivity contribution in [2.45, 2.75) is 44.9 Å². The van der Waals surface area contributed by atoms with Crippen LogP contribution in [0.15, 0.2) is 24.4 Å². The molecular weight excluding hydrogens is 290 g/mol. The summed E-state index contributed by atoms with van der Waals surface area (Å²) in [6, 6.07) is 5.86. The van der Waals surface area contributed by atoms with E-state index in [0.29, 0.717) is 24.1 Å². The number of pyridine rings is 1. The van der Waals surface area contributed by atoms with Gasteiger partial charge in [0.2, 0.25) is 0 Å². The van der Waals surface area contributed by atoms with E-state index in [9.17, 15) is 4.79 Å². The number of aromatic nitrogens is 2. The molecule has 1 unspecified atom stereocenters. The summed E-state index contributed by atoms with van der Waals surface area (Å²) in [4.78, 5) is 17.2. The van der Waals surface area contributed by atoms with Crippen LogP contribution >= 0.6 is 0 Å². The number of hydrogen-bond donors (Lipinski definition) is 2. The highest BCUT2D eigenvalue weighted by molar-refractivity contribution is 5.99. The van der Waals surface area contributed by atoms with Gasteiger partial charge in [-0.1, -0.05) is 19.4 Å². The smallest absolute Gasteiger partial charge is 0.272 e. The number of nitrogens with one attached hydrogen (secondary N) is 1. The van der Waals surface area contributed by atoms with Crippen molar-refractivity contribution in [3.8, 4) is 0 Å². The van der Waals surface area contributed by atoms with Crippen LogP contribution in [0.1, 0.15) is 61.3 Å². The summed E-state index contributed by atoms with van der Waals surface area (Å²) in [7, 11) is 0. The van der Waals surface area contributed by atoms with Gasteiger partial charge in [-0.25, -0.2) is 4.98 Å². The monoisotopic (exact) mass is 315 g/mol. The molecule has 23 heavy (non-hydrogen) atoms. The lowest BCUT2D eigenvalue weighted by Gasteiger charge is -2.15. The zero-order valence-corrected chi connectivity index (χ0v) is 13.7. The molecule has 0 aromatic carbocycles. The molecule has 1 aliphatic rings. The molecular formula is C18H25N3O2. The second-order valence-corrected chi connectivity index (χ2v) is 6.43.